The Morgan fingerprint density at radius 3 is 2.93 bits per heavy atom. The van der Waals surface area contributed by atoms with Crippen LogP contribution in [0, 0.1) is 5.82 Å². The topological polar surface area (TPSA) is 70.7 Å². The summed E-state index contributed by atoms with van der Waals surface area (Å²) in [5, 5.41) is 5.99. The zero-order valence-electron chi connectivity index (χ0n) is 16.8. The maximum absolute atomic E-state index is 13.3. The number of nitrogens with one attached hydrogen (secondary N) is 2. The molecule has 1 atom stereocenters. The van der Waals surface area contributed by atoms with Crippen LogP contribution in [-0.2, 0) is 22.6 Å². The molecule has 8 heteroatoms. The SMILES string of the molecule is COc1cccc(CCNC(=O)CC2C(=O)NCCN2Cc2ccc(F)cc2Cl)c1. The number of benzene rings is 2. The van der Waals surface area contributed by atoms with Gasteiger partial charge in [0.05, 0.1) is 19.6 Å². The van der Waals surface area contributed by atoms with Gasteiger partial charge in [-0.1, -0.05) is 29.8 Å². The number of hydrogen-bond donors (Lipinski definition) is 2. The van der Waals surface area contributed by atoms with Gasteiger partial charge < -0.3 is 15.4 Å². The van der Waals surface area contributed by atoms with Crippen LogP contribution in [0.4, 0.5) is 4.39 Å². The fourth-order valence-corrected chi connectivity index (χ4v) is 3.69. The molecule has 2 N–H and O–H groups in total. The van der Waals surface area contributed by atoms with E-state index in [1.807, 2.05) is 29.2 Å². The molecule has 0 spiro atoms. The van der Waals surface area contributed by atoms with Gasteiger partial charge in [-0.2, -0.15) is 0 Å². The first-order valence-electron chi connectivity index (χ1n) is 9.81. The lowest BCUT2D eigenvalue weighted by Crippen LogP contribution is -2.56. The molecule has 0 aliphatic carbocycles. The number of carbonyl (C=O) groups excluding carboxylic acids is 2. The van der Waals surface area contributed by atoms with Crippen molar-refractivity contribution in [3.05, 3.63) is 64.4 Å². The zero-order chi connectivity index (χ0) is 21.5. The second-order valence-corrected chi connectivity index (χ2v) is 7.58. The number of carbonyl (C=O) groups is 2. The van der Waals surface area contributed by atoms with E-state index in [1.165, 1.54) is 12.1 Å². The highest BCUT2D eigenvalue weighted by Gasteiger charge is 2.31. The number of piperazine rings is 1. The number of rotatable bonds is 8. The lowest BCUT2D eigenvalue weighted by atomic mass is 10.1. The van der Waals surface area contributed by atoms with Gasteiger partial charge in [0.25, 0.3) is 0 Å². The van der Waals surface area contributed by atoms with Gasteiger partial charge in [-0.3, -0.25) is 14.5 Å². The predicted molar refractivity (Wildman–Crippen MR) is 113 cm³/mol. The van der Waals surface area contributed by atoms with E-state index in [-0.39, 0.29) is 18.2 Å². The molecule has 0 bridgehead atoms. The first-order chi connectivity index (χ1) is 14.5. The van der Waals surface area contributed by atoms with Crippen LogP contribution in [0.15, 0.2) is 42.5 Å². The van der Waals surface area contributed by atoms with Crippen molar-refractivity contribution >= 4 is 23.4 Å². The van der Waals surface area contributed by atoms with E-state index in [0.29, 0.717) is 37.6 Å². The fraction of sp³-hybridized carbons (Fsp3) is 0.364. The molecule has 1 heterocycles. The molecule has 2 amide bonds. The van der Waals surface area contributed by atoms with E-state index < -0.39 is 11.9 Å². The summed E-state index contributed by atoms with van der Waals surface area (Å²) in [7, 11) is 1.61. The third-order valence-electron chi connectivity index (χ3n) is 5.08. The number of nitrogens with zero attached hydrogens (tertiary/aromatic N) is 1. The highest BCUT2D eigenvalue weighted by molar-refractivity contribution is 6.31. The molecule has 1 unspecified atom stereocenters. The van der Waals surface area contributed by atoms with E-state index in [9.17, 15) is 14.0 Å². The fourth-order valence-electron chi connectivity index (χ4n) is 3.46. The Morgan fingerprint density at radius 2 is 2.17 bits per heavy atom. The number of methoxy groups -OCH3 is 1. The number of hydrogen-bond acceptors (Lipinski definition) is 4. The van der Waals surface area contributed by atoms with E-state index in [4.69, 9.17) is 16.3 Å². The quantitative estimate of drug-likeness (QED) is 0.671. The van der Waals surface area contributed by atoms with Gasteiger partial charge in [-0.05, 0) is 41.8 Å². The Labute approximate surface area is 180 Å². The number of amides is 2. The van der Waals surface area contributed by atoms with Crippen molar-refractivity contribution in [2.24, 2.45) is 0 Å². The van der Waals surface area contributed by atoms with Gasteiger partial charge in [-0.15, -0.1) is 0 Å². The van der Waals surface area contributed by atoms with Gasteiger partial charge in [0.2, 0.25) is 11.8 Å². The first kappa shape index (κ1) is 22.1. The number of halogens is 2. The molecule has 1 aliphatic heterocycles. The van der Waals surface area contributed by atoms with Crippen molar-refractivity contribution in [3.63, 3.8) is 0 Å². The molecule has 2 aromatic rings. The zero-order valence-corrected chi connectivity index (χ0v) is 17.5. The molecule has 1 aliphatic rings. The van der Waals surface area contributed by atoms with Gasteiger partial charge in [-0.25, -0.2) is 4.39 Å². The lowest BCUT2D eigenvalue weighted by Gasteiger charge is -2.34. The van der Waals surface area contributed by atoms with Crippen molar-refractivity contribution in [1.82, 2.24) is 15.5 Å². The number of ether oxygens (including phenoxy) is 1. The van der Waals surface area contributed by atoms with Crippen LogP contribution in [0.5, 0.6) is 5.75 Å². The van der Waals surface area contributed by atoms with Crippen LogP contribution in [0.2, 0.25) is 5.02 Å². The van der Waals surface area contributed by atoms with Crippen molar-refractivity contribution in [1.29, 1.82) is 0 Å². The van der Waals surface area contributed by atoms with Gasteiger partial charge >= 0.3 is 0 Å². The molecular formula is C22H25ClFN3O3. The first-order valence-corrected chi connectivity index (χ1v) is 10.2. The average Bonchev–Trinajstić information content (AvgIpc) is 2.72. The molecule has 1 saturated heterocycles. The molecule has 3 rings (SSSR count). The van der Waals surface area contributed by atoms with Crippen molar-refractivity contribution in [2.45, 2.75) is 25.4 Å². The maximum atomic E-state index is 13.3. The normalized spacial score (nSPS) is 16.8. The highest BCUT2D eigenvalue weighted by Crippen LogP contribution is 2.21. The standard InChI is InChI=1S/C22H25ClFN3O3/c1-30-18-4-2-3-15(11-18)7-8-25-21(28)13-20-22(29)26-9-10-27(20)14-16-5-6-17(24)12-19(16)23/h2-6,11-12,20H,7-10,13-14H2,1H3,(H,25,28)(H,26,29). The van der Waals surface area contributed by atoms with Crippen LogP contribution < -0.4 is 15.4 Å². The Kier molecular flexibility index (Phi) is 7.65. The van der Waals surface area contributed by atoms with Crippen LogP contribution in [0.3, 0.4) is 0 Å². The minimum absolute atomic E-state index is 0.0444. The second kappa shape index (κ2) is 10.4. The summed E-state index contributed by atoms with van der Waals surface area (Å²) in [5.74, 6) is -0.0301. The second-order valence-electron chi connectivity index (χ2n) is 7.17. The van der Waals surface area contributed by atoms with E-state index in [2.05, 4.69) is 10.6 Å². The molecule has 1 fully saturated rings. The smallest absolute Gasteiger partial charge is 0.237 e. The van der Waals surface area contributed by atoms with Crippen LogP contribution >= 0.6 is 11.6 Å². The Balaban J connectivity index is 1.56. The van der Waals surface area contributed by atoms with Crippen molar-refractivity contribution in [3.8, 4) is 5.75 Å². The average molecular weight is 434 g/mol. The summed E-state index contributed by atoms with van der Waals surface area (Å²) in [4.78, 5) is 26.8. The Bertz CT molecular complexity index is 909. The molecular weight excluding hydrogens is 409 g/mol. The van der Waals surface area contributed by atoms with Crippen molar-refractivity contribution in [2.75, 3.05) is 26.7 Å². The molecule has 0 radical (unpaired) electrons. The van der Waals surface area contributed by atoms with E-state index >= 15 is 0 Å². The van der Waals surface area contributed by atoms with Gasteiger partial charge in [0, 0.05) is 31.2 Å². The maximum Gasteiger partial charge on any atom is 0.237 e. The minimum Gasteiger partial charge on any atom is -0.497 e. The molecule has 160 valence electrons. The summed E-state index contributed by atoms with van der Waals surface area (Å²) in [6, 6.07) is 11.3. The Morgan fingerprint density at radius 1 is 1.33 bits per heavy atom. The molecule has 30 heavy (non-hydrogen) atoms. The van der Waals surface area contributed by atoms with Crippen LogP contribution in [0.25, 0.3) is 0 Å². The third kappa shape index (κ3) is 5.93. The molecule has 0 saturated carbocycles. The minimum atomic E-state index is -0.600. The summed E-state index contributed by atoms with van der Waals surface area (Å²) < 4.78 is 18.5. The summed E-state index contributed by atoms with van der Waals surface area (Å²) in [6.45, 7) is 1.91. The molecule has 6 nitrogen and oxygen atoms in total. The summed E-state index contributed by atoms with van der Waals surface area (Å²) in [6.07, 6.45) is 0.706. The third-order valence-corrected chi connectivity index (χ3v) is 5.43. The van der Waals surface area contributed by atoms with Crippen LogP contribution in [-0.4, -0.2) is 49.5 Å². The lowest BCUT2D eigenvalue weighted by molar-refractivity contribution is -0.134. The monoisotopic (exact) mass is 433 g/mol. The molecule has 2 aromatic carbocycles. The largest absolute Gasteiger partial charge is 0.497 e. The summed E-state index contributed by atoms with van der Waals surface area (Å²) in [5.41, 5.74) is 1.77. The van der Waals surface area contributed by atoms with E-state index in [1.54, 1.807) is 13.2 Å². The highest BCUT2D eigenvalue weighted by atomic mass is 35.5. The van der Waals surface area contributed by atoms with Gasteiger partial charge in [0.15, 0.2) is 0 Å². The molecule has 0 aromatic heterocycles. The van der Waals surface area contributed by atoms with Gasteiger partial charge in [0.1, 0.15) is 11.6 Å². The Hall–Kier alpha value is -2.64. The van der Waals surface area contributed by atoms with Crippen LogP contribution in [0.1, 0.15) is 17.5 Å². The predicted octanol–water partition coefficient (Wildman–Crippen LogP) is 2.54. The summed E-state index contributed by atoms with van der Waals surface area (Å²) >= 11 is 6.13. The van der Waals surface area contributed by atoms with Crippen molar-refractivity contribution < 1.29 is 18.7 Å². The van der Waals surface area contributed by atoms with E-state index in [0.717, 1.165) is 16.9 Å².